The fourth-order valence-electron chi connectivity index (χ4n) is 3.34. The minimum absolute atomic E-state index is 0.152. The predicted octanol–water partition coefficient (Wildman–Crippen LogP) is 4.40. The van der Waals surface area contributed by atoms with E-state index in [1.165, 1.54) is 0 Å². The summed E-state index contributed by atoms with van der Waals surface area (Å²) in [5.41, 5.74) is 1.66. The normalized spacial score (nSPS) is 20.6. The highest BCUT2D eigenvalue weighted by Gasteiger charge is 2.49. The van der Waals surface area contributed by atoms with Crippen LogP contribution in [0, 0.1) is 5.92 Å². The van der Waals surface area contributed by atoms with Gasteiger partial charge in [-0.2, -0.15) is 5.10 Å². The maximum Gasteiger partial charge on any atom is 0.412 e. The molecule has 1 N–H and O–H groups in total. The van der Waals surface area contributed by atoms with E-state index in [4.69, 9.17) is 4.74 Å². The first-order valence-corrected chi connectivity index (χ1v) is 8.65. The summed E-state index contributed by atoms with van der Waals surface area (Å²) in [5, 5.41) is 7.24. The van der Waals surface area contributed by atoms with Crippen LogP contribution in [0.3, 0.4) is 0 Å². The topological polar surface area (TPSA) is 56.1 Å². The summed E-state index contributed by atoms with van der Waals surface area (Å²) in [5.74, 6) is -1.66. The van der Waals surface area contributed by atoms with E-state index in [9.17, 15) is 13.6 Å². The maximum absolute atomic E-state index is 13.3. The van der Waals surface area contributed by atoms with E-state index in [-0.39, 0.29) is 24.7 Å². The molecule has 7 heteroatoms. The smallest absolute Gasteiger partial charge is 0.412 e. The number of amides is 1. The fraction of sp³-hybridized carbons (Fsp3) is 0.765. The van der Waals surface area contributed by atoms with E-state index in [1.807, 2.05) is 13.8 Å². The third kappa shape index (κ3) is 3.39. The first-order chi connectivity index (χ1) is 11.3. The van der Waals surface area contributed by atoms with Crippen molar-refractivity contribution in [2.24, 2.45) is 13.0 Å². The minimum atomic E-state index is -2.58. The molecule has 2 saturated carbocycles. The van der Waals surface area contributed by atoms with Gasteiger partial charge in [-0.1, -0.05) is 20.3 Å². The average molecular weight is 341 g/mol. The summed E-state index contributed by atoms with van der Waals surface area (Å²) in [6.07, 6.45) is 2.33. The van der Waals surface area contributed by atoms with Crippen molar-refractivity contribution in [1.29, 1.82) is 0 Å². The molecule has 1 amide bonds. The Balaban J connectivity index is 1.80. The summed E-state index contributed by atoms with van der Waals surface area (Å²) in [4.78, 5) is 12.0. The summed E-state index contributed by atoms with van der Waals surface area (Å²) in [7, 11) is 1.74. The van der Waals surface area contributed by atoms with Gasteiger partial charge < -0.3 is 4.74 Å². The number of alkyl halides is 2. The van der Waals surface area contributed by atoms with Crippen molar-refractivity contribution in [1.82, 2.24) is 9.78 Å². The summed E-state index contributed by atoms with van der Waals surface area (Å²) in [6.45, 7) is 4.27. The Morgan fingerprint density at radius 3 is 2.54 bits per heavy atom. The highest BCUT2D eigenvalue weighted by atomic mass is 19.3. The molecule has 24 heavy (non-hydrogen) atoms. The Hall–Kier alpha value is -1.66. The van der Waals surface area contributed by atoms with Crippen LogP contribution in [0.5, 0.6) is 0 Å². The van der Waals surface area contributed by atoms with Crippen molar-refractivity contribution in [3.8, 4) is 0 Å². The summed E-state index contributed by atoms with van der Waals surface area (Å²) >= 11 is 0. The molecular formula is C17H25F2N3O2. The molecule has 0 atom stereocenters. The molecule has 0 aliphatic heterocycles. The third-order valence-corrected chi connectivity index (χ3v) is 4.87. The zero-order chi connectivity index (χ0) is 17.5. The molecule has 2 aliphatic rings. The van der Waals surface area contributed by atoms with Crippen LogP contribution in [0.1, 0.15) is 69.0 Å². The lowest BCUT2D eigenvalue weighted by molar-refractivity contribution is -0.0879. The van der Waals surface area contributed by atoms with Gasteiger partial charge in [0.2, 0.25) is 5.92 Å². The van der Waals surface area contributed by atoms with Gasteiger partial charge in [0, 0.05) is 31.4 Å². The second-order valence-electron chi connectivity index (χ2n) is 7.48. The molecule has 2 fully saturated rings. The number of halogens is 2. The van der Waals surface area contributed by atoms with Crippen LogP contribution >= 0.6 is 0 Å². The molecule has 0 bridgehead atoms. The van der Waals surface area contributed by atoms with Crippen LogP contribution in [0.15, 0.2) is 0 Å². The van der Waals surface area contributed by atoms with Gasteiger partial charge in [-0.15, -0.1) is 0 Å². The second-order valence-corrected chi connectivity index (χ2v) is 7.48. The summed E-state index contributed by atoms with van der Waals surface area (Å²) in [6, 6.07) is 0. The minimum Gasteiger partial charge on any atom is -0.449 e. The molecule has 5 nitrogen and oxygen atoms in total. The quantitative estimate of drug-likeness (QED) is 0.863. The Bertz CT molecular complexity index is 616. The van der Waals surface area contributed by atoms with Crippen molar-refractivity contribution < 1.29 is 18.3 Å². The zero-order valence-electron chi connectivity index (χ0n) is 14.4. The fourth-order valence-corrected chi connectivity index (χ4v) is 3.34. The number of rotatable bonds is 5. The first kappa shape index (κ1) is 17.2. The van der Waals surface area contributed by atoms with Gasteiger partial charge >= 0.3 is 6.09 Å². The highest BCUT2D eigenvalue weighted by molar-refractivity contribution is 5.85. The van der Waals surface area contributed by atoms with Gasteiger partial charge in [-0.05, 0) is 24.7 Å². The lowest BCUT2D eigenvalue weighted by atomic mass is 9.73. The molecule has 134 valence electrons. The van der Waals surface area contributed by atoms with E-state index in [2.05, 4.69) is 10.4 Å². The number of hydrogen-bond donors (Lipinski definition) is 1. The van der Waals surface area contributed by atoms with E-state index >= 15 is 0 Å². The van der Waals surface area contributed by atoms with Gasteiger partial charge in [0.25, 0.3) is 0 Å². The monoisotopic (exact) mass is 341 g/mol. The van der Waals surface area contributed by atoms with Crippen LogP contribution in [-0.2, 0) is 11.8 Å². The van der Waals surface area contributed by atoms with Crippen molar-refractivity contribution in [3.05, 3.63) is 11.3 Å². The number of nitrogens with one attached hydrogen (secondary N) is 1. The van der Waals surface area contributed by atoms with Gasteiger partial charge in [0.1, 0.15) is 5.82 Å². The van der Waals surface area contributed by atoms with Crippen LogP contribution in [-0.4, -0.2) is 28.4 Å². The maximum atomic E-state index is 13.3. The molecule has 1 heterocycles. The molecule has 0 radical (unpaired) electrons. The molecule has 0 saturated heterocycles. The standard InChI is InChI=1S/C17H25F2N3O2/c1-10(2)9-24-16(23)20-15-13(11-5-4-6-11)14(21-22(15)3)12-7-17(18,19)8-12/h10-12H,4-9H2,1-3H3,(H,20,23). The largest absolute Gasteiger partial charge is 0.449 e. The van der Waals surface area contributed by atoms with Gasteiger partial charge in [-0.25, -0.2) is 13.6 Å². The zero-order valence-corrected chi connectivity index (χ0v) is 14.4. The Labute approximate surface area is 140 Å². The Morgan fingerprint density at radius 2 is 2.04 bits per heavy atom. The Morgan fingerprint density at radius 1 is 1.38 bits per heavy atom. The number of carbonyl (C=O) groups excluding carboxylic acids is 1. The lowest BCUT2D eigenvalue weighted by Crippen LogP contribution is -2.34. The molecule has 1 aromatic heterocycles. The number of aryl methyl sites for hydroxylation is 1. The van der Waals surface area contributed by atoms with Gasteiger partial charge in [0.05, 0.1) is 12.3 Å². The van der Waals surface area contributed by atoms with E-state index < -0.39 is 12.0 Å². The number of carbonyl (C=O) groups is 1. The van der Waals surface area contributed by atoms with Crippen LogP contribution in [0.2, 0.25) is 0 Å². The number of anilines is 1. The van der Waals surface area contributed by atoms with Gasteiger partial charge in [-0.3, -0.25) is 10.00 Å². The Kier molecular flexibility index (Phi) is 4.53. The van der Waals surface area contributed by atoms with E-state index in [0.717, 1.165) is 30.5 Å². The number of ether oxygens (including phenoxy) is 1. The predicted molar refractivity (Wildman–Crippen MR) is 86.5 cm³/mol. The number of nitrogens with zero attached hydrogens (tertiary/aromatic N) is 2. The highest BCUT2D eigenvalue weighted by Crippen LogP contribution is 2.52. The SMILES string of the molecule is CC(C)COC(=O)Nc1c(C2CCC2)c(C2CC(F)(F)C2)nn1C. The van der Waals surface area contributed by atoms with E-state index in [0.29, 0.717) is 18.3 Å². The molecule has 2 aliphatic carbocycles. The molecule has 0 unspecified atom stereocenters. The van der Waals surface area contributed by atoms with Crippen molar-refractivity contribution >= 4 is 11.9 Å². The summed E-state index contributed by atoms with van der Waals surface area (Å²) < 4.78 is 33.3. The molecular weight excluding hydrogens is 316 g/mol. The van der Waals surface area contributed by atoms with Gasteiger partial charge in [0.15, 0.2) is 0 Å². The molecule has 0 spiro atoms. The molecule has 0 aromatic carbocycles. The van der Waals surface area contributed by atoms with Crippen LogP contribution in [0.25, 0.3) is 0 Å². The van der Waals surface area contributed by atoms with Crippen molar-refractivity contribution in [2.75, 3.05) is 11.9 Å². The third-order valence-electron chi connectivity index (χ3n) is 4.87. The van der Waals surface area contributed by atoms with E-state index in [1.54, 1.807) is 11.7 Å². The van der Waals surface area contributed by atoms with Crippen molar-refractivity contribution in [3.63, 3.8) is 0 Å². The van der Waals surface area contributed by atoms with Crippen molar-refractivity contribution in [2.45, 2.75) is 63.7 Å². The lowest BCUT2D eigenvalue weighted by Gasteiger charge is -2.36. The average Bonchev–Trinajstić information content (AvgIpc) is 2.70. The number of aromatic nitrogens is 2. The molecule has 3 rings (SSSR count). The van der Waals surface area contributed by atoms with Crippen LogP contribution in [0.4, 0.5) is 19.4 Å². The first-order valence-electron chi connectivity index (χ1n) is 8.65. The second kappa shape index (κ2) is 6.33. The van der Waals surface area contributed by atoms with Crippen LogP contribution < -0.4 is 5.32 Å². The number of hydrogen-bond acceptors (Lipinski definition) is 3. The molecule has 1 aromatic rings.